The number of hydrogen-bond donors (Lipinski definition) is 2. The molecule has 2 N–H and O–H groups in total. The molecule has 0 bridgehead atoms. The first-order valence-corrected chi connectivity index (χ1v) is 9.01. The third-order valence-electron chi connectivity index (χ3n) is 3.84. The van der Waals surface area contributed by atoms with E-state index in [4.69, 9.17) is 16.0 Å². The second-order valence-corrected chi connectivity index (χ2v) is 6.41. The van der Waals surface area contributed by atoms with Crippen LogP contribution in [0.25, 0.3) is 11.3 Å². The Morgan fingerprint density at radius 2 is 1.80 bits per heavy atom. The van der Waals surface area contributed by atoms with Gasteiger partial charge in [0, 0.05) is 17.7 Å². The molecule has 3 aromatic rings. The van der Waals surface area contributed by atoms with Crippen LogP contribution in [0.2, 0.25) is 5.02 Å². The van der Waals surface area contributed by atoms with Crippen molar-refractivity contribution in [2.75, 3.05) is 5.32 Å². The number of hydrogen-bond acceptors (Lipinski definition) is 6. The van der Waals surface area contributed by atoms with Gasteiger partial charge in [-0.1, -0.05) is 23.7 Å². The maximum absolute atomic E-state index is 11.9. The first-order valence-electron chi connectivity index (χ1n) is 8.63. The van der Waals surface area contributed by atoms with E-state index in [1.165, 1.54) is 18.3 Å². The number of nitro groups is 1. The molecule has 0 fully saturated rings. The van der Waals surface area contributed by atoms with E-state index in [-0.39, 0.29) is 5.69 Å². The lowest BCUT2D eigenvalue weighted by Crippen LogP contribution is -2.24. The normalized spacial score (nSPS) is 10.7. The van der Waals surface area contributed by atoms with Crippen LogP contribution in [-0.2, 0) is 9.59 Å². The molecule has 0 unspecified atom stereocenters. The number of hydrazone groups is 1. The van der Waals surface area contributed by atoms with Crippen LogP contribution < -0.4 is 10.7 Å². The van der Waals surface area contributed by atoms with Crippen molar-refractivity contribution >= 4 is 41.0 Å². The fourth-order valence-electron chi connectivity index (χ4n) is 2.44. The molecule has 10 heteroatoms. The summed E-state index contributed by atoms with van der Waals surface area (Å²) >= 11 is 5.94. The number of furan rings is 1. The molecular weight excluding hydrogens is 412 g/mol. The number of nitrogens with one attached hydrogen (secondary N) is 2. The summed E-state index contributed by atoms with van der Waals surface area (Å²) in [6, 6.07) is 15.8. The van der Waals surface area contributed by atoms with Crippen molar-refractivity contribution in [3.8, 4) is 11.3 Å². The van der Waals surface area contributed by atoms with E-state index in [0.717, 1.165) is 0 Å². The predicted octanol–water partition coefficient (Wildman–Crippen LogP) is 3.99. The van der Waals surface area contributed by atoms with Gasteiger partial charge in [-0.15, -0.1) is 0 Å². The Morgan fingerprint density at radius 3 is 2.50 bits per heavy atom. The maximum atomic E-state index is 11.9. The summed E-state index contributed by atoms with van der Waals surface area (Å²) in [6.45, 7) is 0. The number of nitrogens with zero attached hydrogens (tertiary/aromatic N) is 2. The number of carbonyl (C=O) groups excluding carboxylic acids is 2. The first kappa shape index (κ1) is 20.7. The smallest absolute Gasteiger partial charge is 0.269 e. The molecular formula is C20H15ClN4O5. The van der Waals surface area contributed by atoms with Crippen LogP contribution in [0.5, 0.6) is 0 Å². The number of nitro benzene ring substituents is 1. The monoisotopic (exact) mass is 426 g/mol. The van der Waals surface area contributed by atoms with E-state index in [2.05, 4.69) is 15.8 Å². The zero-order valence-corrected chi connectivity index (χ0v) is 16.1. The van der Waals surface area contributed by atoms with Crippen molar-refractivity contribution in [2.45, 2.75) is 6.42 Å². The van der Waals surface area contributed by atoms with Gasteiger partial charge in [-0.05, 0) is 36.4 Å². The van der Waals surface area contributed by atoms with Crippen LogP contribution in [0.15, 0.2) is 70.2 Å². The van der Waals surface area contributed by atoms with Gasteiger partial charge in [0.1, 0.15) is 17.9 Å². The zero-order chi connectivity index (χ0) is 21.5. The van der Waals surface area contributed by atoms with Crippen LogP contribution in [0.1, 0.15) is 12.2 Å². The average Bonchev–Trinajstić information content (AvgIpc) is 3.18. The molecule has 0 aliphatic rings. The van der Waals surface area contributed by atoms with Crippen LogP contribution in [0.3, 0.4) is 0 Å². The van der Waals surface area contributed by atoms with E-state index in [9.17, 15) is 19.7 Å². The van der Waals surface area contributed by atoms with Crippen LogP contribution >= 0.6 is 11.6 Å². The first-order chi connectivity index (χ1) is 14.4. The van der Waals surface area contributed by atoms with Crippen molar-refractivity contribution in [2.24, 2.45) is 5.10 Å². The molecule has 2 amide bonds. The molecule has 0 radical (unpaired) electrons. The largest absolute Gasteiger partial charge is 0.455 e. The molecule has 0 aliphatic carbocycles. The van der Waals surface area contributed by atoms with Gasteiger partial charge in [0.05, 0.1) is 21.8 Å². The van der Waals surface area contributed by atoms with Crippen LogP contribution in [0, 0.1) is 10.1 Å². The highest BCUT2D eigenvalue weighted by molar-refractivity contribution is 6.33. The Balaban J connectivity index is 1.51. The van der Waals surface area contributed by atoms with Crippen LogP contribution in [0.4, 0.5) is 11.4 Å². The highest BCUT2D eigenvalue weighted by atomic mass is 35.5. The zero-order valence-electron chi connectivity index (χ0n) is 15.4. The lowest BCUT2D eigenvalue weighted by molar-refractivity contribution is -0.384. The number of carbonyl (C=O) groups is 2. The Labute approximate surface area is 175 Å². The van der Waals surface area contributed by atoms with Crippen molar-refractivity contribution in [3.05, 3.63) is 81.6 Å². The molecule has 1 heterocycles. The molecule has 0 saturated carbocycles. The van der Waals surface area contributed by atoms with Gasteiger partial charge in [-0.25, -0.2) is 5.43 Å². The Kier molecular flexibility index (Phi) is 6.56. The highest BCUT2D eigenvalue weighted by Crippen LogP contribution is 2.24. The summed E-state index contributed by atoms with van der Waals surface area (Å²) in [4.78, 5) is 33.9. The molecule has 1 aromatic heterocycles. The average molecular weight is 427 g/mol. The quantitative estimate of drug-likeness (QED) is 0.255. The summed E-state index contributed by atoms with van der Waals surface area (Å²) in [5.74, 6) is -0.312. The third kappa shape index (κ3) is 5.52. The minimum Gasteiger partial charge on any atom is -0.455 e. The lowest BCUT2D eigenvalue weighted by Gasteiger charge is -2.05. The number of para-hydroxylation sites is 1. The number of non-ortho nitro benzene ring substituents is 1. The van der Waals surface area contributed by atoms with Gasteiger partial charge < -0.3 is 9.73 Å². The minimum absolute atomic E-state index is 0.0200. The lowest BCUT2D eigenvalue weighted by atomic mass is 10.1. The summed E-state index contributed by atoms with van der Waals surface area (Å²) in [7, 11) is 0. The van der Waals surface area contributed by atoms with Crippen LogP contribution in [-0.4, -0.2) is 23.0 Å². The minimum atomic E-state index is -0.613. The molecule has 0 atom stereocenters. The second kappa shape index (κ2) is 9.48. The topological polar surface area (TPSA) is 127 Å². The molecule has 9 nitrogen and oxygen atoms in total. The molecule has 3 rings (SSSR count). The van der Waals surface area contributed by atoms with E-state index in [0.29, 0.717) is 27.8 Å². The fourth-order valence-corrected chi connectivity index (χ4v) is 2.62. The van der Waals surface area contributed by atoms with Crippen molar-refractivity contribution in [3.63, 3.8) is 0 Å². The number of amides is 2. The summed E-state index contributed by atoms with van der Waals surface area (Å²) in [6.07, 6.45) is 0.841. The maximum Gasteiger partial charge on any atom is 0.269 e. The van der Waals surface area contributed by atoms with Gasteiger partial charge in [0.2, 0.25) is 11.8 Å². The third-order valence-corrected chi connectivity index (χ3v) is 4.17. The van der Waals surface area contributed by atoms with Crippen molar-refractivity contribution in [1.29, 1.82) is 0 Å². The Bertz CT molecular complexity index is 1110. The predicted molar refractivity (Wildman–Crippen MR) is 111 cm³/mol. The summed E-state index contributed by atoms with van der Waals surface area (Å²) < 4.78 is 5.56. The van der Waals surface area contributed by atoms with Gasteiger partial charge in [-0.3, -0.25) is 19.7 Å². The van der Waals surface area contributed by atoms with E-state index in [1.54, 1.807) is 48.5 Å². The molecule has 2 aromatic carbocycles. The number of anilines is 1. The number of halogens is 1. The molecule has 30 heavy (non-hydrogen) atoms. The van der Waals surface area contributed by atoms with E-state index >= 15 is 0 Å². The van der Waals surface area contributed by atoms with Crippen molar-refractivity contribution in [1.82, 2.24) is 5.43 Å². The second-order valence-electron chi connectivity index (χ2n) is 6.00. The molecule has 0 saturated heterocycles. The number of rotatable bonds is 7. The summed E-state index contributed by atoms with van der Waals surface area (Å²) in [5.41, 5.74) is 3.28. The molecule has 152 valence electrons. The van der Waals surface area contributed by atoms with E-state index < -0.39 is 23.2 Å². The molecule has 0 aliphatic heterocycles. The Hall–Kier alpha value is -3.98. The van der Waals surface area contributed by atoms with Gasteiger partial charge in [0.25, 0.3) is 5.69 Å². The van der Waals surface area contributed by atoms with Gasteiger partial charge in [-0.2, -0.15) is 5.10 Å². The van der Waals surface area contributed by atoms with Crippen molar-refractivity contribution < 1.29 is 18.9 Å². The summed E-state index contributed by atoms with van der Waals surface area (Å²) in [5, 5.41) is 17.4. The SMILES string of the molecule is O=C(CC(=O)Nc1ccccc1Cl)N/N=C\c1ccc(-c2ccc([N+](=O)[O-])cc2)o1. The fraction of sp³-hybridized carbons (Fsp3) is 0.0500. The Morgan fingerprint density at radius 1 is 1.07 bits per heavy atom. The van der Waals surface area contributed by atoms with Gasteiger partial charge >= 0.3 is 0 Å². The standard InChI is InChI=1S/C20H15ClN4O5/c21-16-3-1-2-4-17(16)23-19(26)11-20(27)24-22-12-15-9-10-18(30-15)13-5-7-14(8-6-13)25(28)29/h1-10,12H,11H2,(H,23,26)(H,24,27)/b22-12-. The number of benzene rings is 2. The van der Waals surface area contributed by atoms with E-state index in [1.807, 2.05) is 0 Å². The van der Waals surface area contributed by atoms with Gasteiger partial charge in [0.15, 0.2) is 0 Å². The highest BCUT2D eigenvalue weighted by Gasteiger charge is 2.11. The molecule has 0 spiro atoms.